The van der Waals surface area contributed by atoms with Gasteiger partial charge in [0.2, 0.25) is 0 Å². The summed E-state index contributed by atoms with van der Waals surface area (Å²) in [6.07, 6.45) is 3.71. The molecule has 2 aliphatic carbocycles. The van der Waals surface area contributed by atoms with Crippen LogP contribution in [0, 0.1) is 0 Å². The van der Waals surface area contributed by atoms with Crippen molar-refractivity contribution < 1.29 is 17.9 Å². The van der Waals surface area contributed by atoms with E-state index in [4.69, 9.17) is 4.74 Å². The lowest BCUT2D eigenvalue weighted by Gasteiger charge is -2.33. The highest BCUT2D eigenvalue weighted by atomic mass is 19.4. The third-order valence-corrected chi connectivity index (χ3v) is 4.10. The number of nitrogens with one attached hydrogen (secondary N) is 1. The molecule has 0 saturated heterocycles. The molecule has 0 spiro atoms. The van der Waals surface area contributed by atoms with Gasteiger partial charge in [0.15, 0.2) is 0 Å². The van der Waals surface area contributed by atoms with Gasteiger partial charge in [0.25, 0.3) is 0 Å². The molecule has 0 atom stereocenters. The van der Waals surface area contributed by atoms with Crippen LogP contribution in [0.3, 0.4) is 0 Å². The Labute approximate surface area is 113 Å². The number of halogens is 3. The van der Waals surface area contributed by atoms with Crippen molar-refractivity contribution in [2.75, 3.05) is 13.2 Å². The standard InChI is InChI=1S/C14H24F3NO/c15-14(16,17)9-10-19-13(11-18-12-5-6-12)7-3-1-2-4-8-13/h12,18H,1-11H2. The van der Waals surface area contributed by atoms with Crippen LogP contribution < -0.4 is 5.32 Å². The van der Waals surface area contributed by atoms with Gasteiger partial charge in [-0.1, -0.05) is 25.7 Å². The molecule has 0 aliphatic heterocycles. The maximum Gasteiger partial charge on any atom is 0.391 e. The Kier molecular flexibility index (Phi) is 5.12. The highest BCUT2D eigenvalue weighted by Crippen LogP contribution is 2.32. The second-order valence-corrected chi connectivity index (χ2v) is 5.97. The van der Waals surface area contributed by atoms with Gasteiger partial charge in [-0.15, -0.1) is 0 Å². The van der Waals surface area contributed by atoms with Gasteiger partial charge in [-0.3, -0.25) is 0 Å². The molecule has 0 bridgehead atoms. The van der Waals surface area contributed by atoms with E-state index in [2.05, 4.69) is 5.32 Å². The van der Waals surface area contributed by atoms with Gasteiger partial charge in [-0.2, -0.15) is 13.2 Å². The van der Waals surface area contributed by atoms with Crippen molar-refractivity contribution in [3.63, 3.8) is 0 Å². The molecular weight excluding hydrogens is 255 g/mol. The van der Waals surface area contributed by atoms with Gasteiger partial charge >= 0.3 is 6.18 Å². The summed E-state index contributed by atoms with van der Waals surface area (Å²) < 4.78 is 42.5. The molecule has 2 aliphatic rings. The largest absolute Gasteiger partial charge is 0.391 e. The number of alkyl halides is 3. The van der Waals surface area contributed by atoms with Crippen LogP contribution in [0.5, 0.6) is 0 Å². The van der Waals surface area contributed by atoms with E-state index in [1.165, 1.54) is 25.7 Å². The predicted molar refractivity (Wildman–Crippen MR) is 68.1 cm³/mol. The first-order valence-corrected chi connectivity index (χ1v) is 7.43. The molecule has 0 aromatic rings. The third kappa shape index (κ3) is 5.69. The lowest BCUT2D eigenvalue weighted by Crippen LogP contribution is -2.44. The molecule has 0 amide bonds. The minimum absolute atomic E-state index is 0.199. The summed E-state index contributed by atoms with van der Waals surface area (Å²) in [5.41, 5.74) is -0.357. The maximum absolute atomic E-state index is 12.2. The van der Waals surface area contributed by atoms with Crippen LogP contribution >= 0.6 is 0 Å². The molecule has 0 radical (unpaired) electrons. The molecule has 2 fully saturated rings. The Morgan fingerprint density at radius 2 is 1.68 bits per heavy atom. The number of ether oxygens (including phenoxy) is 1. The average molecular weight is 279 g/mol. The number of hydrogen-bond acceptors (Lipinski definition) is 2. The van der Waals surface area contributed by atoms with Gasteiger partial charge in [0.05, 0.1) is 18.6 Å². The summed E-state index contributed by atoms with van der Waals surface area (Å²) in [6.45, 7) is 0.519. The fourth-order valence-electron chi connectivity index (χ4n) is 2.75. The van der Waals surface area contributed by atoms with E-state index in [0.717, 1.165) is 32.2 Å². The van der Waals surface area contributed by atoms with E-state index in [9.17, 15) is 13.2 Å². The third-order valence-electron chi connectivity index (χ3n) is 4.10. The molecule has 0 aromatic heterocycles. The zero-order valence-corrected chi connectivity index (χ0v) is 11.4. The zero-order valence-electron chi connectivity index (χ0n) is 11.4. The molecule has 1 N–H and O–H groups in total. The Morgan fingerprint density at radius 3 is 2.21 bits per heavy atom. The fraction of sp³-hybridized carbons (Fsp3) is 1.00. The summed E-state index contributed by atoms with van der Waals surface area (Å²) in [7, 11) is 0. The van der Waals surface area contributed by atoms with Crippen molar-refractivity contribution in [1.82, 2.24) is 5.32 Å². The Morgan fingerprint density at radius 1 is 1.05 bits per heavy atom. The Balaban J connectivity index is 1.83. The Hall–Kier alpha value is -0.290. The minimum atomic E-state index is -4.12. The quantitative estimate of drug-likeness (QED) is 0.747. The van der Waals surface area contributed by atoms with E-state index >= 15 is 0 Å². The van der Waals surface area contributed by atoms with E-state index in [1.54, 1.807) is 0 Å². The first-order valence-electron chi connectivity index (χ1n) is 7.43. The topological polar surface area (TPSA) is 21.3 Å². The SMILES string of the molecule is FC(F)(F)CCOC1(CNC2CC2)CCCCCC1. The van der Waals surface area contributed by atoms with E-state index in [0.29, 0.717) is 6.04 Å². The van der Waals surface area contributed by atoms with Crippen molar-refractivity contribution in [1.29, 1.82) is 0 Å². The molecule has 19 heavy (non-hydrogen) atoms. The molecule has 0 heterocycles. The van der Waals surface area contributed by atoms with Crippen molar-refractivity contribution in [2.24, 2.45) is 0 Å². The number of hydrogen-bond donors (Lipinski definition) is 1. The normalized spacial score (nSPS) is 24.2. The molecule has 2 saturated carbocycles. The van der Waals surface area contributed by atoms with Gasteiger partial charge in [0.1, 0.15) is 0 Å². The van der Waals surface area contributed by atoms with Crippen LogP contribution in [-0.4, -0.2) is 31.0 Å². The fourth-order valence-corrected chi connectivity index (χ4v) is 2.75. The summed E-state index contributed by atoms with van der Waals surface area (Å²) in [4.78, 5) is 0. The zero-order chi connectivity index (χ0) is 13.8. The summed E-state index contributed by atoms with van der Waals surface area (Å²) in [6, 6.07) is 0.575. The van der Waals surface area contributed by atoms with Crippen LogP contribution in [0.2, 0.25) is 0 Å². The highest BCUT2D eigenvalue weighted by Gasteiger charge is 2.35. The van der Waals surface area contributed by atoms with Crippen LogP contribution in [0.15, 0.2) is 0 Å². The average Bonchev–Trinajstić information content (AvgIpc) is 3.13. The molecule has 2 nitrogen and oxygen atoms in total. The predicted octanol–water partition coefficient (Wildman–Crippen LogP) is 3.80. The lowest BCUT2D eigenvalue weighted by molar-refractivity contribution is -0.160. The summed E-state index contributed by atoms with van der Waals surface area (Å²) >= 11 is 0. The lowest BCUT2D eigenvalue weighted by atomic mass is 9.94. The number of rotatable bonds is 6. The van der Waals surface area contributed by atoms with Gasteiger partial charge < -0.3 is 10.1 Å². The Bertz CT molecular complexity index is 268. The van der Waals surface area contributed by atoms with Crippen LogP contribution in [0.25, 0.3) is 0 Å². The van der Waals surface area contributed by atoms with Crippen molar-refractivity contribution in [2.45, 2.75) is 75.6 Å². The maximum atomic E-state index is 12.2. The molecule has 112 valence electrons. The van der Waals surface area contributed by atoms with E-state index in [-0.39, 0.29) is 12.2 Å². The van der Waals surface area contributed by atoms with Crippen molar-refractivity contribution >= 4 is 0 Å². The van der Waals surface area contributed by atoms with E-state index < -0.39 is 12.6 Å². The smallest absolute Gasteiger partial charge is 0.373 e. The first kappa shape index (κ1) is 15.1. The van der Waals surface area contributed by atoms with Crippen molar-refractivity contribution in [3.8, 4) is 0 Å². The molecule has 2 rings (SSSR count). The molecule has 0 unspecified atom stereocenters. The van der Waals surface area contributed by atoms with Gasteiger partial charge in [0, 0.05) is 12.6 Å². The molecule has 5 heteroatoms. The summed E-state index contributed by atoms with van der Waals surface area (Å²) in [5, 5.41) is 3.44. The summed E-state index contributed by atoms with van der Waals surface area (Å²) in [5.74, 6) is 0. The first-order chi connectivity index (χ1) is 8.99. The minimum Gasteiger partial charge on any atom is -0.373 e. The second kappa shape index (κ2) is 6.44. The van der Waals surface area contributed by atoms with Crippen LogP contribution in [-0.2, 0) is 4.74 Å². The van der Waals surface area contributed by atoms with Crippen LogP contribution in [0.1, 0.15) is 57.8 Å². The van der Waals surface area contributed by atoms with Crippen LogP contribution in [0.4, 0.5) is 13.2 Å². The van der Waals surface area contributed by atoms with Crippen molar-refractivity contribution in [3.05, 3.63) is 0 Å². The van der Waals surface area contributed by atoms with E-state index in [1.807, 2.05) is 0 Å². The molecule has 0 aromatic carbocycles. The molecular formula is C14H24F3NO. The highest BCUT2D eigenvalue weighted by molar-refractivity contribution is 4.90. The van der Waals surface area contributed by atoms with Gasteiger partial charge in [-0.05, 0) is 25.7 Å². The second-order valence-electron chi connectivity index (χ2n) is 5.97. The monoisotopic (exact) mass is 279 g/mol. The van der Waals surface area contributed by atoms with Gasteiger partial charge in [-0.25, -0.2) is 0 Å².